The molecule has 0 spiro atoms. The highest BCUT2D eigenvalue weighted by molar-refractivity contribution is 5.77. The van der Waals surface area contributed by atoms with Gasteiger partial charge in [0.15, 0.2) is 6.61 Å². The fourth-order valence-electron chi connectivity index (χ4n) is 2.41. The first-order valence-corrected chi connectivity index (χ1v) is 6.93. The van der Waals surface area contributed by atoms with Gasteiger partial charge in [0.05, 0.1) is 13.7 Å². The molecule has 2 rings (SSSR count). The molecular formula is C15H21NO4. The fourth-order valence-corrected chi connectivity index (χ4v) is 2.41. The number of amides is 1. The van der Waals surface area contributed by atoms with Gasteiger partial charge in [-0.3, -0.25) is 4.79 Å². The van der Waals surface area contributed by atoms with Crippen LogP contribution in [-0.2, 0) is 11.4 Å². The summed E-state index contributed by atoms with van der Waals surface area (Å²) in [6, 6.07) is 5.43. The van der Waals surface area contributed by atoms with Gasteiger partial charge in [-0.1, -0.05) is 12.8 Å². The van der Waals surface area contributed by atoms with Gasteiger partial charge in [-0.05, 0) is 25.0 Å². The van der Waals surface area contributed by atoms with Crippen molar-refractivity contribution in [2.45, 2.75) is 38.3 Å². The average Bonchev–Trinajstić information content (AvgIpc) is 2.97. The zero-order chi connectivity index (χ0) is 14.4. The van der Waals surface area contributed by atoms with E-state index in [2.05, 4.69) is 5.32 Å². The predicted molar refractivity (Wildman–Crippen MR) is 74.8 cm³/mol. The highest BCUT2D eigenvalue weighted by Gasteiger charge is 2.17. The Morgan fingerprint density at radius 1 is 1.40 bits per heavy atom. The van der Waals surface area contributed by atoms with Crippen LogP contribution < -0.4 is 14.8 Å². The van der Waals surface area contributed by atoms with Gasteiger partial charge >= 0.3 is 0 Å². The Labute approximate surface area is 118 Å². The maximum atomic E-state index is 11.8. The van der Waals surface area contributed by atoms with Gasteiger partial charge in [0.2, 0.25) is 0 Å². The lowest BCUT2D eigenvalue weighted by molar-refractivity contribution is -0.123. The third kappa shape index (κ3) is 3.87. The van der Waals surface area contributed by atoms with E-state index in [0.29, 0.717) is 17.1 Å². The Morgan fingerprint density at radius 2 is 2.15 bits per heavy atom. The molecule has 2 N–H and O–H groups in total. The third-order valence-corrected chi connectivity index (χ3v) is 3.52. The first-order chi connectivity index (χ1) is 9.72. The van der Waals surface area contributed by atoms with E-state index in [0.717, 1.165) is 12.8 Å². The molecule has 0 aliphatic heterocycles. The van der Waals surface area contributed by atoms with Crippen molar-refractivity contribution in [1.82, 2.24) is 5.32 Å². The van der Waals surface area contributed by atoms with Crippen LogP contribution in [-0.4, -0.2) is 30.8 Å². The molecule has 0 aromatic heterocycles. The Balaban J connectivity index is 1.90. The summed E-state index contributed by atoms with van der Waals surface area (Å²) < 4.78 is 10.6. The average molecular weight is 279 g/mol. The van der Waals surface area contributed by atoms with E-state index < -0.39 is 0 Å². The van der Waals surface area contributed by atoms with Crippen LogP contribution in [0.2, 0.25) is 0 Å². The SMILES string of the molecule is COc1ccc(CO)c(OCC(=O)NC2CCCC2)c1. The second kappa shape index (κ2) is 7.14. The lowest BCUT2D eigenvalue weighted by atomic mass is 10.2. The van der Waals surface area contributed by atoms with Crippen LogP contribution in [0.5, 0.6) is 11.5 Å². The largest absolute Gasteiger partial charge is 0.497 e. The molecule has 1 fully saturated rings. The van der Waals surface area contributed by atoms with Gasteiger partial charge in [-0.15, -0.1) is 0 Å². The second-order valence-corrected chi connectivity index (χ2v) is 4.97. The van der Waals surface area contributed by atoms with Crippen LogP contribution in [0.25, 0.3) is 0 Å². The standard InChI is InChI=1S/C15H21NO4/c1-19-13-7-6-11(9-17)14(8-13)20-10-15(18)16-12-4-2-3-5-12/h6-8,12,17H,2-5,9-10H2,1H3,(H,16,18). The van der Waals surface area contributed by atoms with E-state index in [1.54, 1.807) is 25.3 Å². The molecule has 1 aliphatic rings. The Bertz CT molecular complexity index is 455. The molecule has 1 amide bonds. The maximum absolute atomic E-state index is 11.8. The summed E-state index contributed by atoms with van der Waals surface area (Å²) >= 11 is 0. The summed E-state index contributed by atoms with van der Waals surface area (Å²) in [6.07, 6.45) is 4.45. The molecule has 110 valence electrons. The molecule has 0 heterocycles. The quantitative estimate of drug-likeness (QED) is 0.830. The number of carbonyl (C=O) groups excluding carboxylic acids is 1. The van der Waals surface area contributed by atoms with Crippen molar-refractivity contribution in [2.24, 2.45) is 0 Å². The number of aliphatic hydroxyl groups excluding tert-OH is 1. The predicted octanol–water partition coefficient (Wildman–Crippen LogP) is 1.63. The van der Waals surface area contributed by atoms with Gasteiger partial charge in [0, 0.05) is 17.7 Å². The van der Waals surface area contributed by atoms with Crippen molar-refractivity contribution >= 4 is 5.91 Å². The molecule has 0 unspecified atom stereocenters. The molecular weight excluding hydrogens is 258 g/mol. The van der Waals surface area contributed by atoms with Gasteiger partial charge in [0.25, 0.3) is 5.91 Å². The van der Waals surface area contributed by atoms with Crippen LogP contribution in [0.15, 0.2) is 18.2 Å². The Kier molecular flexibility index (Phi) is 5.24. The van der Waals surface area contributed by atoms with E-state index in [1.165, 1.54) is 12.8 Å². The molecule has 20 heavy (non-hydrogen) atoms. The minimum Gasteiger partial charge on any atom is -0.497 e. The van der Waals surface area contributed by atoms with Crippen molar-refractivity contribution in [2.75, 3.05) is 13.7 Å². The topological polar surface area (TPSA) is 67.8 Å². The van der Waals surface area contributed by atoms with Crippen molar-refractivity contribution < 1.29 is 19.4 Å². The second-order valence-electron chi connectivity index (χ2n) is 4.97. The summed E-state index contributed by atoms with van der Waals surface area (Å²) in [6.45, 7) is -0.180. The number of hydrogen-bond donors (Lipinski definition) is 2. The lowest BCUT2D eigenvalue weighted by Crippen LogP contribution is -2.36. The van der Waals surface area contributed by atoms with Crippen LogP contribution in [0, 0.1) is 0 Å². The molecule has 1 aromatic rings. The third-order valence-electron chi connectivity index (χ3n) is 3.52. The number of ether oxygens (including phenoxy) is 2. The highest BCUT2D eigenvalue weighted by atomic mass is 16.5. The molecule has 1 aromatic carbocycles. The lowest BCUT2D eigenvalue weighted by Gasteiger charge is -2.14. The summed E-state index contributed by atoms with van der Waals surface area (Å²) in [5, 5.41) is 12.2. The molecule has 0 radical (unpaired) electrons. The number of nitrogens with one attached hydrogen (secondary N) is 1. The minimum absolute atomic E-state index is 0.0450. The van der Waals surface area contributed by atoms with Gasteiger partial charge in [-0.2, -0.15) is 0 Å². The summed E-state index contributed by atoms with van der Waals surface area (Å²) in [5.74, 6) is 0.991. The number of carbonyl (C=O) groups is 1. The summed E-state index contributed by atoms with van der Waals surface area (Å²) in [4.78, 5) is 11.8. The van der Waals surface area contributed by atoms with Gasteiger partial charge < -0.3 is 19.9 Å². The van der Waals surface area contributed by atoms with E-state index in [-0.39, 0.29) is 25.2 Å². The molecule has 0 saturated heterocycles. The summed E-state index contributed by atoms with van der Waals surface area (Å²) in [5.41, 5.74) is 0.638. The number of rotatable bonds is 6. The van der Waals surface area contributed by atoms with Crippen molar-refractivity contribution in [1.29, 1.82) is 0 Å². The van der Waals surface area contributed by atoms with E-state index in [4.69, 9.17) is 9.47 Å². The summed E-state index contributed by atoms with van der Waals surface area (Å²) in [7, 11) is 1.56. The molecule has 5 heteroatoms. The Morgan fingerprint density at radius 3 is 2.80 bits per heavy atom. The number of benzene rings is 1. The van der Waals surface area contributed by atoms with E-state index in [1.807, 2.05) is 0 Å². The van der Waals surface area contributed by atoms with Gasteiger partial charge in [-0.25, -0.2) is 0 Å². The monoisotopic (exact) mass is 279 g/mol. The molecule has 5 nitrogen and oxygen atoms in total. The highest BCUT2D eigenvalue weighted by Crippen LogP contribution is 2.25. The number of hydrogen-bond acceptors (Lipinski definition) is 4. The fraction of sp³-hybridized carbons (Fsp3) is 0.533. The number of methoxy groups -OCH3 is 1. The molecule has 0 bridgehead atoms. The molecule has 0 atom stereocenters. The smallest absolute Gasteiger partial charge is 0.258 e. The van der Waals surface area contributed by atoms with Gasteiger partial charge in [0.1, 0.15) is 11.5 Å². The normalized spacial score (nSPS) is 15.1. The van der Waals surface area contributed by atoms with Crippen molar-refractivity contribution in [3.05, 3.63) is 23.8 Å². The maximum Gasteiger partial charge on any atom is 0.258 e. The van der Waals surface area contributed by atoms with Crippen LogP contribution in [0.4, 0.5) is 0 Å². The Hall–Kier alpha value is -1.75. The van der Waals surface area contributed by atoms with Crippen LogP contribution in [0.3, 0.4) is 0 Å². The van der Waals surface area contributed by atoms with E-state index >= 15 is 0 Å². The van der Waals surface area contributed by atoms with Crippen LogP contribution in [0.1, 0.15) is 31.2 Å². The van der Waals surface area contributed by atoms with Crippen molar-refractivity contribution in [3.8, 4) is 11.5 Å². The van der Waals surface area contributed by atoms with Crippen LogP contribution >= 0.6 is 0 Å². The zero-order valence-corrected chi connectivity index (χ0v) is 11.7. The molecule has 1 saturated carbocycles. The number of aliphatic hydroxyl groups is 1. The van der Waals surface area contributed by atoms with Crippen molar-refractivity contribution in [3.63, 3.8) is 0 Å². The first kappa shape index (κ1) is 14.7. The molecule has 1 aliphatic carbocycles. The van der Waals surface area contributed by atoms with E-state index in [9.17, 15) is 9.90 Å². The zero-order valence-electron chi connectivity index (χ0n) is 11.7. The first-order valence-electron chi connectivity index (χ1n) is 6.93. The minimum atomic E-state index is -0.135.